The summed E-state index contributed by atoms with van der Waals surface area (Å²) in [5, 5.41) is 11.5. The van der Waals surface area contributed by atoms with Gasteiger partial charge in [-0.15, -0.1) is 0 Å². The molecule has 0 spiro atoms. The number of hydrogen-bond acceptors (Lipinski definition) is 3. The molecule has 19 heavy (non-hydrogen) atoms. The Morgan fingerprint density at radius 2 is 2.16 bits per heavy atom. The summed E-state index contributed by atoms with van der Waals surface area (Å²) < 4.78 is 5.42. The number of aliphatic hydroxyl groups excluding tert-OH is 1. The largest absolute Gasteiger partial charge is 0.494 e. The predicted octanol–water partition coefficient (Wildman–Crippen LogP) is 2.82. The Bertz CT molecular complexity index is 733. The fourth-order valence-corrected chi connectivity index (χ4v) is 2.46. The van der Waals surface area contributed by atoms with Gasteiger partial charge in [0, 0.05) is 16.8 Å². The molecule has 0 fully saturated rings. The number of hydrogen-bond donors (Lipinski definition) is 2. The van der Waals surface area contributed by atoms with E-state index in [0.717, 1.165) is 33.2 Å². The molecule has 1 aromatic carbocycles. The lowest BCUT2D eigenvalue weighted by atomic mass is 10.0. The highest BCUT2D eigenvalue weighted by Crippen LogP contribution is 2.35. The number of nitrogens with zero attached hydrogens (tertiary/aromatic N) is 1. The van der Waals surface area contributed by atoms with Crippen LogP contribution in [0.5, 0.6) is 5.75 Å². The Balaban J connectivity index is 2.44. The summed E-state index contributed by atoms with van der Waals surface area (Å²) >= 11 is 0. The van der Waals surface area contributed by atoms with Gasteiger partial charge in [0.1, 0.15) is 5.75 Å². The van der Waals surface area contributed by atoms with Crippen LogP contribution >= 0.6 is 0 Å². The molecule has 4 heteroatoms. The molecule has 2 aromatic heterocycles. The van der Waals surface area contributed by atoms with Gasteiger partial charge in [-0.3, -0.25) is 4.98 Å². The van der Waals surface area contributed by atoms with Crippen LogP contribution in [0.4, 0.5) is 0 Å². The van der Waals surface area contributed by atoms with Crippen LogP contribution in [0.2, 0.25) is 0 Å². The lowest BCUT2D eigenvalue weighted by Crippen LogP contribution is -2.03. The highest BCUT2D eigenvalue weighted by atomic mass is 16.5. The van der Waals surface area contributed by atoms with Gasteiger partial charge in [0.2, 0.25) is 0 Å². The van der Waals surface area contributed by atoms with E-state index < -0.39 is 0 Å². The van der Waals surface area contributed by atoms with Gasteiger partial charge in [0.25, 0.3) is 0 Å². The molecule has 0 saturated carbocycles. The number of pyridine rings is 1. The summed E-state index contributed by atoms with van der Waals surface area (Å²) in [5.41, 5.74) is 2.87. The molecular weight excluding hydrogens is 240 g/mol. The van der Waals surface area contributed by atoms with Crippen molar-refractivity contribution >= 4 is 21.8 Å². The minimum atomic E-state index is -0.0125. The van der Waals surface area contributed by atoms with E-state index in [4.69, 9.17) is 4.74 Å². The number of ether oxygens (including phenoxy) is 1. The molecule has 0 saturated heterocycles. The number of methoxy groups -OCH3 is 1. The molecule has 2 heterocycles. The van der Waals surface area contributed by atoms with Gasteiger partial charge >= 0.3 is 0 Å². The molecule has 0 unspecified atom stereocenters. The van der Waals surface area contributed by atoms with Gasteiger partial charge in [0.05, 0.1) is 36.5 Å². The molecule has 3 aromatic rings. The third-order valence-electron chi connectivity index (χ3n) is 3.49. The number of para-hydroxylation sites is 1. The van der Waals surface area contributed by atoms with Crippen LogP contribution in [0.3, 0.4) is 0 Å². The zero-order valence-corrected chi connectivity index (χ0v) is 11.0. The average molecular weight is 256 g/mol. The number of aliphatic hydroxyl groups is 1. The first-order chi connectivity index (χ1) is 9.26. The minimum Gasteiger partial charge on any atom is -0.494 e. The third kappa shape index (κ3) is 1.76. The summed E-state index contributed by atoms with van der Waals surface area (Å²) in [6.07, 6.45) is 1.73. The topological polar surface area (TPSA) is 58.1 Å². The maximum absolute atomic E-state index is 9.36. The van der Waals surface area contributed by atoms with Gasteiger partial charge < -0.3 is 14.8 Å². The number of nitrogens with one attached hydrogen (secondary N) is 1. The Morgan fingerprint density at radius 1 is 1.37 bits per heavy atom. The molecule has 0 aliphatic heterocycles. The monoisotopic (exact) mass is 256 g/mol. The average Bonchev–Trinajstić information content (AvgIpc) is 2.85. The number of aromatic amines is 1. The van der Waals surface area contributed by atoms with Crippen molar-refractivity contribution in [3.63, 3.8) is 0 Å². The Kier molecular flexibility index (Phi) is 2.87. The molecule has 1 atom stereocenters. The van der Waals surface area contributed by atoms with E-state index in [1.54, 1.807) is 13.3 Å². The molecule has 98 valence electrons. The Morgan fingerprint density at radius 3 is 2.89 bits per heavy atom. The zero-order valence-electron chi connectivity index (χ0n) is 11.0. The SMILES string of the molecule is COc1cnc([C@H](C)CO)c2[nH]c3ccccc3c12. The molecule has 0 bridgehead atoms. The molecule has 0 aliphatic carbocycles. The Labute approximate surface area is 111 Å². The third-order valence-corrected chi connectivity index (χ3v) is 3.49. The minimum absolute atomic E-state index is 0.0125. The van der Waals surface area contributed by atoms with Crippen LogP contribution in [0.15, 0.2) is 30.5 Å². The summed E-state index contributed by atoms with van der Waals surface area (Å²) in [5.74, 6) is 0.739. The first-order valence-electron chi connectivity index (χ1n) is 6.30. The smallest absolute Gasteiger partial charge is 0.147 e. The molecule has 0 radical (unpaired) electrons. The second-order valence-corrected chi connectivity index (χ2v) is 4.72. The zero-order chi connectivity index (χ0) is 13.4. The van der Waals surface area contributed by atoms with Crippen LogP contribution in [-0.4, -0.2) is 28.8 Å². The first kappa shape index (κ1) is 12.0. The van der Waals surface area contributed by atoms with Crippen LogP contribution in [-0.2, 0) is 0 Å². The molecule has 2 N–H and O–H groups in total. The Hall–Kier alpha value is -2.07. The highest BCUT2D eigenvalue weighted by Gasteiger charge is 2.17. The number of benzene rings is 1. The summed E-state index contributed by atoms with van der Waals surface area (Å²) in [6.45, 7) is 2.03. The van der Waals surface area contributed by atoms with Crippen molar-refractivity contribution in [1.82, 2.24) is 9.97 Å². The van der Waals surface area contributed by atoms with E-state index in [1.807, 2.05) is 25.1 Å². The standard InChI is InChI=1S/C15H16N2O2/c1-9(8-18)14-15-13(12(19-2)7-16-14)10-5-3-4-6-11(10)17-15/h3-7,9,17-18H,8H2,1-2H3/t9-/m1/s1. The molecular formula is C15H16N2O2. The fraction of sp³-hybridized carbons (Fsp3) is 0.267. The van der Waals surface area contributed by atoms with E-state index in [9.17, 15) is 5.11 Å². The van der Waals surface area contributed by atoms with Crippen molar-refractivity contribution in [2.45, 2.75) is 12.8 Å². The summed E-state index contributed by atoms with van der Waals surface area (Å²) in [6, 6.07) is 8.09. The van der Waals surface area contributed by atoms with E-state index >= 15 is 0 Å². The predicted molar refractivity (Wildman–Crippen MR) is 75.7 cm³/mol. The fourth-order valence-electron chi connectivity index (χ4n) is 2.46. The summed E-state index contributed by atoms with van der Waals surface area (Å²) in [4.78, 5) is 7.81. The summed E-state index contributed by atoms with van der Waals surface area (Å²) in [7, 11) is 1.65. The van der Waals surface area contributed by atoms with E-state index in [-0.39, 0.29) is 12.5 Å². The van der Waals surface area contributed by atoms with Crippen molar-refractivity contribution < 1.29 is 9.84 Å². The quantitative estimate of drug-likeness (QED) is 0.757. The van der Waals surface area contributed by atoms with E-state index in [1.165, 1.54) is 0 Å². The van der Waals surface area contributed by atoms with Crippen molar-refractivity contribution in [1.29, 1.82) is 0 Å². The van der Waals surface area contributed by atoms with Crippen molar-refractivity contribution in [3.05, 3.63) is 36.2 Å². The van der Waals surface area contributed by atoms with Crippen LogP contribution in [0, 0.1) is 0 Å². The van der Waals surface area contributed by atoms with Crippen LogP contribution in [0.25, 0.3) is 21.8 Å². The number of rotatable bonds is 3. The highest BCUT2D eigenvalue weighted by molar-refractivity contribution is 6.11. The van der Waals surface area contributed by atoms with Crippen molar-refractivity contribution in [3.8, 4) is 5.75 Å². The second-order valence-electron chi connectivity index (χ2n) is 4.72. The van der Waals surface area contributed by atoms with Crippen LogP contribution < -0.4 is 4.74 Å². The van der Waals surface area contributed by atoms with Gasteiger partial charge in [-0.05, 0) is 6.07 Å². The van der Waals surface area contributed by atoms with Gasteiger partial charge in [-0.25, -0.2) is 0 Å². The normalized spacial score (nSPS) is 13.0. The van der Waals surface area contributed by atoms with E-state index in [2.05, 4.69) is 16.0 Å². The van der Waals surface area contributed by atoms with Crippen LogP contribution in [0.1, 0.15) is 18.5 Å². The lowest BCUT2D eigenvalue weighted by molar-refractivity contribution is 0.271. The number of H-pyrrole nitrogens is 1. The van der Waals surface area contributed by atoms with Crippen molar-refractivity contribution in [2.75, 3.05) is 13.7 Å². The van der Waals surface area contributed by atoms with Gasteiger partial charge in [0.15, 0.2) is 0 Å². The number of aromatic nitrogens is 2. The maximum atomic E-state index is 9.36. The first-order valence-corrected chi connectivity index (χ1v) is 6.30. The molecule has 0 aliphatic rings. The van der Waals surface area contributed by atoms with Gasteiger partial charge in [-0.2, -0.15) is 0 Å². The number of fused-ring (bicyclic) bond motifs is 3. The molecule has 0 amide bonds. The van der Waals surface area contributed by atoms with E-state index in [0.29, 0.717) is 0 Å². The molecule has 3 rings (SSSR count). The maximum Gasteiger partial charge on any atom is 0.147 e. The lowest BCUT2D eigenvalue weighted by Gasteiger charge is -2.10. The molecule has 4 nitrogen and oxygen atoms in total. The van der Waals surface area contributed by atoms with Gasteiger partial charge in [-0.1, -0.05) is 25.1 Å². The van der Waals surface area contributed by atoms with Crippen molar-refractivity contribution in [2.24, 2.45) is 0 Å². The second kappa shape index (κ2) is 4.55.